The Kier molecular flexibility index (Phi) is 5.99. The van der Waals surface area contributed by atoms with Crippen molar-refractivity contribution in [3.63, 3.8) is 0 Å². The van der Waals surface area contributed by atoms with Crippen molar-refractivity contribution in [1.29, 1.82) is 0 Å². The van der Waals surface area contributed by atoms with Crippen LogP contribution < -0.4 is 5.32 Å². The quantitative estimate of drug-likeness (QED) is 0.738. The maximum absolute atomic E-state index is 3.74. The van der Waals surface area contributed by atoms with Crippen molar-refractivity contribution in [2.45, 2.75) is 79.2 Å². The Hall–Kier alpha value is -0.0400. The van der Waals surface area contributed by atoms with Gasteiger partial charge in [0.1, 0.15) is 0 Å². The zero-order valence-electron chi connectivity index (χ0n) is 12.7. The summed E-state index contributed by atoms with van der Waals surface area (Å²) < 4.78 is 0. The third kappa shape index (κ3) is 4.62. The molecule has 0 radical (unpaired) electrons. The predicted octanol–water partition coefficient (Wildman–Crippen LogP) is 4.62. The first kappa shape index (κ1) is 15.0. The van der Waals surface area contributed by atoms with E-state index < -0.39 is 0 Å². The van der Waals surface area contributed by atoms with E-state index >= 15 is 0 Å². The Morgan fingerprint density at radius 1 is 1.06 bits per heavy atom. The van der Waals surface area contributed by atoms with E-state index in [0.717, 1.165) is 17.9 Å². The van der Waals surface area contributed by atoms with E-state index in [1.807, 2.05) is 0 Å². The van der Waals surface area contributed by atoms with Crippen LogP contribution in [0.1, 0.15) is 73.1 Å². The van der Waals surface area contributed by atoms with Crippen LogP contribution in [0.2, 0.25) is 0 Å². The fraction of sp³-hybridized carbons (Fsp3) is 1.00. The molecule has 0 aromatic carbocycles. The monoisotopic (exact) mass is 239 g/mol. The second-order valence-electron chi connectivity index (χ2n) is 6.95. The van der Waals surface area contributed by atoms with E-state index in [9.17, 15) is 0 Å². The molecule has 0 amide bonds. The molecule has 0 spiro atoms. The fourth-order valence-electron chi connectivity index (χ4n) is 3.36. The maximum atomic E-state index is 3.74. The van der Waals surface area contributed by atoms with Gasteiger partial charge in [-0.2, -0.15) is 0 Å². The van der Waals surface area contributed by atoms with Gasteiger partial charge in [-0.25, -0.2) is 0 Å². The number of hydrogen-bond acceptors (Lipinski definition) is 1. The van der Waals surface area contributed by atoms with Crippen LogP contribution in [-0.4, -0.2) is 12.6 Å². The van der Waals surface area contributed by atoms with Gasteiger partial charge in [-0.15, -0.1) is 0 Å². The minimum absolute atomic E-state index is 0.517. The van der Waals surface area contributed by atoms with Crippen LogP contribution in [0, 0.1) is 17.3 Å². The van der Waals surface area contributed by atoms with E-state index in [-0.39, 0.29) is 0 Å². The van der Waals surface area contributed by atoms with Crippen LogP contribution in [0.3, 0.4) is 0 Å². The minimum atomic E-state index is 0.517. The van der Waals surface area contributed by atoms with Crippen LogP contribution in [-0.2, 0) is 0 Å². The average molecular weight is 239 g/mol. The lowest BCUT2D eigenvalue weighted by atomic mass is 9.68. The van der Waals surface area contributed by atoms with E-state index in [0.29, 0.717) is 5.41 Å². The van der Waals surface area contributed by atoms with Crippen molar-refractivity contribution in [1.82, 2.24) is 5.32 Å². The van der Waals surface area contributed by atoms with Gasteiger partial charge in [-0.05, 0) is 62.3 Å². The molecular weight excluding hydrogens is 206 g/mol. The highest BCUT2D eigenvalue weighted by Gasteiger charge is 2.31. The van der Waals surface area contributed by atoms with Gasteiger partial charge in [-0.1, -0.05) is 34.6 Å². The molecule has 1 N–H and O–H groups in total. The molecule has 1 aliphatic rings. The van der Waals surface area contributed by atoms with Gasteiger partial charge < -0.3 is 5.32 Å². The van der Waals surface area contributed by atoms with Crippen molar-refractivity contribution in [2.75, 3.05) is 6.54 Å². The van der Waals surface area contributed by atoms with Gasteiger partial charge in [0.15, 0.2) is 0 Å². The summed E-state index contributed by atoms with van der Waals surface area (Å²) in [6, 6.07) is 0.774. The van der Waals surface area contributed by atoms with E-state index in [1.165, 1.54) is 45.1 Å². The van der Waals surface area contributed by atoms with E-state index in [2.05, 4.69) is 39.9 Å². The summed E-state index contributed by atoms with van der Waals surface area (Å²) in [5.41, 5.74) is 0.517. The molecular formula is C16H33N. The van der Waals surface area contributed by atoms with Crippen molar-refractivity contribution in [2.24, 2.45) is 17.3 Å². The van der Waals surface area contributed by atoms with Crippen molar-refractivity contribution in [3.8, 4) is 0 Å². The minimum Gasteiger partial charge on any atom is -0.314 e. The second-order valence-corrected chi connectivity index (χ2v) is 6.95. The van der Waals surface area contributed by atoms with Crippen LogP contribution in [0.5, 0.6) is 0 Å². The standard InChI is InChI=1S/C16H33N/c1-6-12-17-15(7-2)13-8-10-14(11-9-13)16(3,4)5/h13-15,17H,6-12H2,1-5H3. The number of rotatable bonds is 5. The molecule has 0 aromatic rings. The molecule has 17 heavy (non-hydrogen) atoms. The molecule has 1 saturated carbocycles. The number of nitrogens with one attached hydrogen (secondary N) is 1. The lowest BCUT2D eigenvalue weighted by Gasteiger charge is -2.39. The zero-order chi connectivity index (χ0) is 12.9. The molecule has 1 aliphatic carbocycles. The normalized spacial score (nSPS) is 28.1. The molecule has 0 heterocycles. The van der Waals surface area contributed by atoms with Gasteiger partial charge in [0.2, 0.25) is 0 Å². The molecule has 0 bridgehead atoms. The SMILES string of the molecule is CCCNC(CC)C1CCC(C(C)(C)C)CC1. The third-order valence-corrected chi connectivity index (χ3v) is 4.66. The molecule has 1 nitrogen and oxygen atoms in total. The van der Waals surface area contributed by atoms with Crippen molar-refractivity contribution < 1.29 is 0 Å². The average Bonchev–Trinajstić information content (AvgIpc) is 2.29. The van der Waals surface area contributed by atoms with Crippen LogP contribution in [0.15, 0.2) is 0 Å². The first-order valence-electron chi connectivity index (χ1n) is 7.72. The molecule has 1 unspecified atom stereocenters. The molecule has 1 rings (SSSR count). The third-order valence-electron chi connectivity index (χ3n) is 4.66. The number of hydrogen-bond donors (Lipinski definition) is 1. The molecule has 102 valence electrons. The lowest BCUT2D eigenvalue weighted by molar-refractivity contribution is 0.131. The zero-order valence-corrected chi connectivity index (χ0v) is 12.7. The van der Waals surface area contributed by atoms with E-state index in [1.54, 1.807) is 0 Å². The summed E-state index contributed by atoms with van der Waals surface area (Å²) in [4.78, 5) is 0. The Morgan fingerprint density at radius 3 is 2.06 bits per heavy atom. The fourth-order valence-corrected chi connectivity index (χ4v) is 3.36. The molecule has 0 saturated heterocycles. The molecule has 1 heteroatoms. The smallest absolute Gasteiger partial charge is 0.00926 e. The van der Waals surface area contributed by atoms with Crippen LogP contribution >= 0.6 is 0 Å². The first-order valence-corrected chi connectivity index (χ1v) is 7.72. The van der Waals surface area contributed by atoms with Crippen molar-refractivity contribution >= 4 is 0 Å². The summed E-state index contributed by atoms with van der Waals surface area (Å²) in [6.45, 7) is 13.0. The lowest BCUT2D eigenvalue weighted by Crippen LogP contribution is -2.39. The van der Waals surface area contributed by atoms with Gasteiger partial charge in [-0.3, -0.25) is 0 Å². The highest BCUT2D eigenvalue weighted by atomic mass is 14.9. The second kappa shape index (κ2) is 6.78. The molecule has 0 aromatic heterocycles. The molecule has 0 aliphatic heterocycles. The first-order chi connectivity index (χ1) is 7.99. The van der Waals surface area contributed by atoms with Crippen LogP contribution in [0.4, 0.5) is 0 Å². The van der Waals surface area contributed by atoms with Gasteiger partial charge in [0.25, 0.3) is 0 Å². The van der Waals surface area contributed by atoms with Gasteiger partial charge in [0, 0.05) is 6.04 Å². The highest BCUT2D eigenvalue weighted by Crippen LogP contribution is 2.40. The Balaban J connectivity index is 2.39. The Morgan fingerprint density at radius 2 is 1.65 bits per heavy atom. The maximum Gasteiger partial charge on any atom is 0.00926 e. The largest absolute Gasteiger partial charge is 0.314 e. The summed E-state index contributed by atoms with van der Waals surface area (Å²) >= 11 is 0. The van der Waals surface area contributed by atoms with E-state index in [4.69, 9.17) is 0 Å². The summed E-state index contributed by atoms with van der Waals surface area (Å²) in [5, 5.41) is 3.74. The van der Waals surface area contributed by atoms with Crippen molar-refractivity contribution in [3.05, 3.63) is 0 Å². The van der Waals surface area contributed by atoms with Gasteiger partial charge in [0.05, 0.1) is 0 Å². The summed E-state index contributed by atoms with van der Waals surface area (Å²) in [5.74, 6) is 1.88. The topological polar surface area (TPSA) is 12.0 Å². The molecule has 1 fully saturated rings. The predicted molar refractivity (Wildman–Crippen MR) is 77.3 cm³/mol. The Labute approximate surface area is 109 Å². The molecule has 1 atom stereocenters. The van der Waals surface area contributed by atoms with Crippen LogP contribution in [0.25, 0.3) is 0 Å². The summed E-state index contributed by atoms with van der Waals surface area (Å²) in [6.07, 6.45) is 8.32. The Bertz CT molecular complexity index is 196. The van der Waals surface area contributed by atoms with Gasteiger partial charge >= 0.3 is 0 Å². The highest BCUT2D eigenvalue weighted by molar-refractivity contribution is 4.85. The summed E-state index contributed by atoms with van der Waals surface area (Å²) in [7, 11) is 0.